The summed E-state index contributed by atoms with van der Waals surface area (Å²) in [6.07, 6.45) is 6.07. The smallest absolute Gasteiger partial charge is 0.274 e. The van der Waals surface area contributed by atoms with Crippen LogP contribution >= 0.6 is 11.3 Å². The molecule has 1 saturated carbocycles. The van der Waals surface area contributed by atoms with Gasteiger partial charge in [-0.3, -0.25) is 9.59 Å². The summed E-state index contributed by atoms with van der Waals surface area (Å²) in [5.74, 6) is -0.169. The Bertz CT molecular complexity index is 1170. The van der Waals surface area contributed by atoms with Crippen LogP contribution in [0.4, 0.5) is 5.13 Å². The number of thiazole rings is 1. The number of nitrogen functional groups attached to an aromatic ring is 1. The average molecular weight is 424 g/mol. The van der Waals surface area contributed by atoms with E-state index in [4.69, 9.17) is 5.73 Å². The number of hydrogen-bond donors (Lipinski definition) is 2. The fourth-order valence-corrected chi connectivity index (χ4v) is 6.40. The monoisotopic (exact) mass is 424 g/mol. The lowest BCUT2D eigenvalue weighted by atomic mass is 9.71. The van der Waals surface area contributed by atoms with Crippen molar-refractivity contribution in [3.63, 3.8) is 0 Å². The predicted molar refractivity (Wildman–Crippen MR) is 109 cm³/mol. The highest BCUT2D eigenvalue weighted by molar-refractivity contribution is 7.13. The molecule has 154 valence electrons. The van der Waals surface area contributed by atoms with Crippen molar-refractivity contribution in [2.45, 2.75) is 19.3 Å². The highest BCUT2D eigenvalue weighted by Gasteiger charge is 2.66. The van der Waals surface area contributed by atoms with Crippen molar-refractivity contribution in [1.82, 2.24) is 34.7 Å². The topological polar surface area (TPSA) is 134 Å². The molecule has 3 aromatic rings. The van der Waals surface area contributed by atoms with Gasteiger partial charge in [0, 0.05) is 42.4 Å². The molecule has 1 aliphatic carbocycles. The molecule has 2 unspecified atom stereocenters. The number of nitrogens with two attached hydrogens (primary N) is 1. The van der Waals surface area contributed by atoms with E-state index in [0.29, 0.717) is 53.9 Å². The summed E-state index contributed by atoms with van der Waals surface area (Å²) in [4.78, 5) is 49.7. The van der Waals surface area contributed by atoms with Crippen molar-refractivity contribution in [1.29, 1.82) is 0 Å². The fraction of sp³-hybridized carbons (Fsp3) is 0.474. The number of amides is 2. The van der Waals surface area contributed by atoms with Crippen LogP contribution in [0.5, 0.6) is 0 Å². The molecular weight excluding hydrogens is 404 g/mol. The maximum absolute atomic E-state index is 13.3. The van der Waals surface area contributed by atoms with E-state index in [0.717, 1.165) is 19.3 Å². The standard InChI is InChI=1S/C19H20N8O2S/c20-17-25-11(4-30-17)15(28)26-5-18-2-1-3-19(18,6-26)8-27(7-18)16(29)13-12-14(23-9-21-12)24-10-22-13/h4,9-10H,1-3,5-8H2,(H2,20,25)(H,21,22,23,24). The fourth-order valence-electron chi connectivity index (χ4n) is 5.87. The molecule has 30 heavy (non-hydrogen) atoms. The van der Waals surface area contributed by atoms with Gasteiger partial charge in [-0.25, -0.2) is 19.9 Å². The maximum atomic E-state index is 13.3. The van der Waals surface area contributed by atoms with E-state index in [2.05, 4.69) is 24.9 Å². The first-order chi connectivity index (χ1) is 14.5. The third kappa shape index (κ3) is 2.29. The Morgan fingerprint density at radius 2 is 1.73 bits per heavy atom. The molecule has 2 amide bonds. The zero-order valence-electron chi connectivity index (χ0n) is 16.2. The molecule has 3 aliphatic rings. The van der Waals surface area contributed by atoms with Crippen LogP contribution in [0.25, 0.3) is 11.2 Å². The van der Waals surface area contributed by atoms with Crippen molar-refractivity contribution in [3.8, 4) is 0 Å². The van der Waals surface area contributed by atoms with Crippen LogP contribution in [0.1, 0.15) is 40.2 Å². The molecule has 2 aliphatic heterocycles. The van der Waals surface area contributed by atoms with E-state index < -0.39 is 0 Å². The van der Waals surface area contributed by atoms with Gasteiger partial charge >= 0.3 is 0 Å². The molecule has 2 atom stereocenters. The zero-order valence-corrected chi connectivity index (χ0v) is 17.0. The summed E-state index contributed by atoms with van der Waals surface area (Å²) >= 11 is 1.28. The van der Waals surface area contributed by atoms with Gasteiger partial charge in [-0.05, 0) is 12.8 Å². The number of likely N-dealkylation sites (tertiary alicyclic amines) is 2. The average Bonchev–Trinajstić information content (AvgIpc) is 3.49. The Morgan fingerprint density at radius 1 is 1.03 bits per heavy atom. The van der Waals surface area contributed by atoms with E-state index in [1.165, 1.54) is 24.0 Å². The minimum atomic E-state index is -0.105. The van der Waals surface area contributed by atoms with Crippen LogP contribution in [0, 0.1) is 10.8 Å². The normalized spacial score (nSPS) is 27.6. The van der Waals surface area contributed by atoms with Crippen LogP contribution in [0.2, 0.25) is 0 Å². The molecule has 5 heterocycles. The Balaban J connectivity index is 1.28. The summed E-state index contributed by atoms with van der Waals surface area (Å²) in [6, 6.07) is 0. The number of carbonyl (C=O) groups is 2. The number of carbonyl (C=O) groups excluding carboxylic acids is 2. The van der Waals surface area contributed by atoms with Crippen LogP contribution < -0.4 is 5.73 Å². The van der Waals surface area contributed by atoms with Gasteiger partial charge in [-0.1, -0.05) is 6.42 Å². The summed E-state index contributed by atoms with van der Waals surface area (Å²) in [6.45, 7) is 2.56. The summed E-state index contributed by atoms with van der Waals surface area (Å²) in [5, 5.41) is 2.12. The molecule has 3 aromatic heterocycles. The quantitative estimate of drug-likeness (QED) is 0.630. The number of aromatic nitrogens is 5. The largest absolute Gasteiger partial charge is 0.375 e. The van der Waals surface area contributed by atoms with E-state index in [9.17, 15) is 9.59 Å². The second-order valence-corrected chi connectivity index (χ2v) is 9.52. The maximum Gasteiger partial charge on any atom is 0.274 e. The van der Waals surface area contributed by atoms with Crippen LogP contribution in [-0.2, 0) is 0 Å². The number of rotatable bonds is 2. The van der Waals surface area contributed by atoms with E-state index in [1.54, 1.807) is 5.38 Å². The van der Waals surface area contributed by atoms with Gasteiger partial charge in [-0.15, -0.1) is 11.3 Å². The van der Waals surface area contributed by atoms with Crippen LogP contribution in [0.15, 0.2) is 18.0 Å². The highest BCUT2D eigenvalue weighted by atomic mass is 32.1. The number of H-pyrrole nitrogens is 1. The third-order valence-corrected chi connectivity index (χ3v) is 7.82. The van der Waals surface area contributed by atoms with Gasteiger partial charge < -0.3 is 20.5 Å². The lowest BCUT2D eigenvalue weighted by molar-refractivity contribution is 0.0690. The lowest BCUT2D eigenvalue weighted by Gasteiger charge is -2.29. The summed E-state index contributed by atoms with van der Waals surface area (Å²) < 4.78 is 0. The molecule has 10 nitrogen and oxygen atoms in total. The van der Waals surface area contributed by atoms with Gasteiger partial charge in [0.2, 0.25) is 0 Å². The van der Waals surface area contributed by atoms with Gasteiger partial charge in [0.1, 0.15) is 17.5 Å². The first-order valence-corrected chi connectivity index (χ1v) is 10.8. The van der Waals surface area contributed by atoms with Gasteiger partial charge in [0.15, 0.2) is 16.5 Å². The number of anilines is 1. The summed E-state index contributed by atoms with van der Waals surface area (Å²) in [7, 11) is 0. The van der Waals surface area contributed by atoms with Gasteiger partial charge in [-0.2, -0.15) is 0 Å². The molecule has 3 fully saturated rings. The van der Waals surface area contributed by atoms with Crippen LogP contribution in [-0.4, -0.2) is 72.7 Å². The predicted octanol–water partition coefficient (Wildman–Crippen LogP) is 1.16. The Kier molecular flexibility index (Phi) is 3.53. The van der Waals surface area contributed by atoms with Crippen molar-refractivity contribution < 1.29 is 9.59 Å². The number of hydrogen-bond acceptors (Lipinski definition) is 8. The number of aromatic amines is 1. The van der Waals surface area contributed by atoms with E-state index in [-0.39, 0.29) is 22.6 Å². The third-order valence-electron chi connectivity index (χ3n) is 7.15. The highest BCUT2D eigenvalue weighted by Crippen LogP contribution is 2.62. The molecule has 2 saturated heterocycles. The number of nitrogens with one attached hydrogen (secondary N) is 1. The second kappa shape index (κ2) is 5.97. The minimum Gasteiger partial charge on any atom is -0.375 e. The molecule has 0 spiro atoms. The van der Waals surface area contributed by atoms with Crippen molar-refractivity contribution in [2.75, 3.05) is 31.9 Å². The number of nitrogens with zero attached hydrogens (tertiary/aromatic N) is 6. The van der Waals surface area contributed by atoms with Gasteiger partial charge in [0.05, 0.1) is 6.33 Å². The lowest BCUT2D eigenvalue weighted by Crippen LogP contribution is -2.39. The van der Waals surface area contributed by atoms with Crippen molar-refractivity contribution in [3.05, 3.63) is 29.4 Å². The number of imidazole rings is 1. The Morgan fingerprint density at radius 3 is 2.40 bits per heavy atom. The van der Waals surface area contributed by atoms with Crippen molar-refractivity contribution in [2.24, 2.45) is 10.8 Å². The molecule has 0 aromatic carbocycles. The molecule has 3 N–H and O–H groups in total. The Labute approximate surface area is 175 Å². The first kappa shape index (κ1) is 17.8. The zero-order chi connectivity index (χ0) is 20.5. The second-order valence-electron chi connectivity index (χ2n) is 8.63. The SMILES string of the molecule is Nc1nc(C(=O)N2CC34CCCC3(C2)CN(C(=O)c2ncnc3nc[nH]c23)C4)cs1. The van der Waals surface area contributed by atoms with Crippen molar-refractivity contribution >= 4 is 39.4 Å². The van der Waals surface area contributed by atoms with Gasteiger partial charge in [0.25, 0.3) is 11.8 Å². The molecular formula is C19H20N8O2S. The van der Waals surface area contributed by atoms with Crippen LogP contribution in [0.3, 0.4) is 0 Å². The minimum absolute atomic E-state index is 0.0640. The number of fused-ring (bicyclic) bond motifs is 1. The molecule has 0 bridgehead atoms. The van der Waals surface area contributed by atoms with E-state index in [1.807, 2.05) is 9.80 Å². The molecule has 0 radical (unpaired) electrons. The molecule has 11 heteroatoms. The first-order valence-electron chi connectivity index (χ1n) is 9.94. The molecule has 6 rings (SSSR count). The Hall–Kier alpha value is -3.08. The van der Waals surface area contributed by atoms with E-state index >= 15 is 0 Å². The summed E-state index contributed by atoms with van der Waals surface area (Å²) in [5.41, 5.74) is 7.40.